The van der Waals surface area contributed by atoms with Gasteiger partial charge in [-0.15, -0.1) is 0 Å². The molecule has 5 rings (SSSR count). The molecule has 1 amide bonds. The number of methoxy groups -OCH3 is 1. The van der Waals surface area contributed by atoms with Crippen molar-refractivity contribution in [3.8, 4) is 5.75 Å². The molecule has 3 aromatic carbocycles. The number of benzene rings is 3. The zero-order valence-electron chi connectivity index (χ0n) is 19.9. The molecule has 0 spiro atoms. The molecule has 1 aliphatic heterocycles. The number of hydrogen-bond acceptors (Lipinski definition) is 6. The summed E-state index contributed by atoms with van der Waals surface area (Å²) in [4.78, 5) is 39.4. The molecule has 1 heterocycles. The van der Waals surface area contributed by atoms with E-state index in [1.54, 1.807) is 18.1 Å². The molecule has 182 valence electrons. The van der Waals surface area contributed by atoms with E-state index in [0.29, 0.717) is 23.4 Å². The van der Waals surface area contributed by atoms with E-state index in [2.05, 4.69) is 5.32 Å². The van der Waals surface area contributed by atoms with Crippen molar-refractivity contribution in [1.29, 1.82) is 0 Å². The number of ketones is 1. The number of non-ortho nitro benzene ring substituents is 1. The highest BCUT2D eigenvalue weighted by Crippen LogP contribution is 2.47. The van der Waals surface area contributed by atoms with Gasteiger partial charge in [0, 0.05) is 36.7 Å². The molecule has 0 radical (unpaired) electrons. The van der Waals surface area contributed by atoms with Gasteiger partial charge in [0.05, 0.1) is 29.4 Å². The number of amides is 1. The Hall–Kier alpha value is -4.46. The lowest BCUT2D eigenvalue weighted by molar-refractivity contribution is -0.384. The summed E-state index contributed by atoms with van der Waals surface area (Å²) < 4.78 is 5.31. The summed E-state index contributed by atoms with van der Waals surface area (Å²) in [5.41, 5.74) is 4.20. The molecule has 0 aromatic heterocycles. The number of carbonyl (C=O) groups excluding carboxylic acids is 2. The molecule has 0 fully saturated rings. The van der Waals surface area contributed by atoms with Crippen LogP contribution in [0.15, 0.2) is 84.1 Å². The number of allylic oxidation sites excluding steroid dienone is 1. The van der Waals surface area contributed by atoms with Gasteiger partial charge >= 0.3 is 0 Å². The Balaban J connectivity index is 1.67. The van der Waals surface area contributed by atoms with E-state index in [0.717, 1.165) is 22.5 Å². The molecule has 1 N–H and O–H groups in total. The number of anilines is 2. The summed E-state index contributed by atoms with van der Waals surface area (Å²) in [6, 6.07) is 20.7. The second-order valence-corrected chi connectivity index (χ2v) is 8.98. The van der Waals surface area contributed by atoms with Crippen LogP contribution in [0.3, 0.4) is 0 Å². The number of nitrogens with one attached hydrogen (secondary N) is 1. The first-order valence-electron chi connectivity index (χ1n) is 11.7. The maximum Gasteiger partial charge on any atom is 0.269 e. The molecule has 1 aliphatic carbocycles. The first-order chi connectivity index (χ1) is 17.4. The molecule has 8 heteroatoms. The number of nitro benzene ring substituents is 1. The predicted octanol–water partition coefficient (Wildman–Crippen LogP) is 5.52. The van der Waals surface area contributed by atoms with Crippen LogP contribution in [0, 0.1) is 10.1 Å². The van der Waals surface area contributed by atoms with Crippen LogP contribution in [0.25, 0.3) is 0 Å². The van der Waals surface area contributed by atoms with E-state index in [1.165, 1.54) is 19.1 Å². The van der Waals surface area contributed by atoms with Crippen LogP contribution in [0.4, 0.5) is 17.1 Å². The van der Waals surface area contributed by atoms with Gasteiger partial charge in [0.2, 0.25) is 5.91 Å². The van der Waals surface area contributed by atoms with Crippen LogP contribution in [0.2, 0.25) is 0 Å². The molecule has 0 saturated carbocycles. The third kappa shape index (κ3) is 4.11. The molecule has 2 aliphatic rings. The minimum atomic E-state index is -0.627. The lowest BCUT2D eigenvalue weighted by Crippen LogP contribution is -2.37. The molecule has 0 unspecified atom stereocenters. The fourth-order valence-corrected chi connectivity index (χ4v) is 5.17. The van der Waals surface area contributed by atoms with Crippen molar-refractivity contribution in [2.45, 2.75) is 31.7 Å². The Morgan fingerprint density at radius 1 is 1.03 bits per heavy atom. The summed E-state index contributed by atoms with van der Waals surface area (Å²) in [6.07, 6.45) is 0.672. The summed E-state index contributed by atoms with van der Waals surface area (Å²) in [5.74, 6) is 0.166. The fourth-order valence-electron chi connectivity index (χ4n) is 5.17. The van der Waals surface area contributed by atoms with Gasteiger partial charge in [-0.05, 0) is 47.7 Å². The average Bonchev–Trinajstić information content (AvgIpc) is 3.03. The van der Waals surface area contributed by atoms with E-state index < -0.39 is 11.0 Å². The number of fused-ring (bicyclic) bond motifs is 1. The van der Waals surface area contributed by atoms with E-state index in [-0.39, 0.29) is 29.7 Å². The van der Waals surface area contributed by atoms with E-state index in [9.17, 15) is 19.7 Å². The molecule has 2 atom stereocenters. The summed E-state index contributed by atoms with van der Waals surface area (Å²) >= 11 is 0. The van der Waals surface area contributed by atoms with Gasteiger partial charge in [0.1, 0.15) is 5.75 Å². The van der Waals surface area contributed by atoms with Crippen molar-refractivity contribution < 1.29 is 19.2 Å². The van der Waals surface area contributed by atoms with Gasteiger partial charge in [-0.25, -0.2) is 0 Å². The Morgan fingerprint density at radius 2 is 1.78 bits per heavy atom. The van der Waals surface area contributed by atoms with E-state index in [1.807, 2.05) is 54.6 Å². The monoisotopic (exact) mass is 483 g/mol. The highest BCUT2D eigenvalue weighted by Gasteiger charge is 2.41. The van der Waals surface area contributed by atoms with Crippen molar-refractivity contribution in [1.82, 2.24) is 0 Å². The number of hydrogen-bond donors (Lipinski definition) is 1. The van der Waals surface area contributed by atoms with Gasteiger partial charge in [0.15, 0.2) is 5.78 Å². The highest BCUT2D eigenvalue weighted by molar-refractivity contribution is 6.06. The third-order valence-electron chi connectivity index (χ3n) is 6.81. The first kappa shape index (κ1) is 23.3. The standard InChI is InChI=1S/C28H25N3O5/c1-17(32)30-25-9-4-3-8-23(25)29-24-15-20(19-6-5-7-21(14-19)31(34)35)16-26(33)27(24)28(30)18-10-12-22(36-2)13-11-18/h3-14,20,28-29H,15-16H2,1-2H3/t20-,28-/m1/s1. The van der Waals surface area contributed by atoms with Crippen LogP contribution < -0.4 is 15.0 Å². The molecule has 36 heavy (non-hydrogen) atoms. The van der Waals surface area contributed by atoms with Crippen LogP contribution >= 0.6 is 0 Å². The lowest BCUT2D eigenvalue weighted by Gasteiger charge is -2.34. The highest BCUT2D eigenvalue weighted by atomic mass is 16.6. The van der Waals surface area contributed by atoms with Crippen LogP contribution in [-0.2, 0) is 9.59 Å². The van der Waals surface area contributed by atoms with Crippen molar-refractivity contribution >= 4 is 28.8 Å². The quantitative estimate of drug-likeness (QED) is 0.387. The van der Waals surface area contributed by atoms with Crippen molar-refractivity contribution in [2.75, 3.05) is 17.3 Å². The average molecular weight is 484 g/mol. The predicted molar refractivity (Wildman–Crippen MR) is 136 cm³/mol. The van der Waals surface area contributed by atoms with Gasteiger partial charge in [-0.3, -0.25) is 24.6 Å². The van der Waals surface area contributed by atoms with Gasteiger partial charge < -0.3 is 10.1 Å². The molecule has 3 aromatic rings. The molecular weight excluding hydrogens is 458 g/mol. The molecular formula is C28H25N3O5. The van der Waals surface area contributed by atoms with E-state index >= 15 is 0 Å². The zero-order chi connectivity index (χ0) is 25.4. The fraction of sp³-hybridized carbons (Fsp3) is 0.214. The van der Waals surface area contributed by atoms with Crippen LogP contribution in [0.1, 0.15) is 42.9 Å². The number of rotatable bonds is 4. The first-order valence-corrected chi connectivity index (χ1v) is 11.7. The van der Waals surface area contributed by atoms with E-state index in [4.69, 9.17) is 4.74 Å². The Bertz CT molecular complexity index is 1400. The normalized spacial score (nSPS) is 19.1. The van der Waals surface area contributed by atoms with Gasteiger partial charge in [-0.2, -0.15) is 0 Å². The minimum Gasteiger partial charge on any atom is -0.497 e. The molecule has 0 bridgehead atoms. The number of carbonyl (C=O) groups is 2. The van der Waals surface area contributed by atoms with Crippen molar-refractivity contribution in [3.63, 3.8) is 0 Å². The smallest absolute Gasteiger partial charge is 0.269 e. The number of Topliss-reactive ketones (excluding diaryl/α,β-unsaturated/α-hetero) is 1. The number of para-hydroxylation sites is 2. The minimum absolute atomic E-state index is 0.00207. The largest absolute Gasteiger partial charge is 0.497 e. The lowest BCUT2D eigenvalue weighted by atomic mass is 9.78. The Morgan fingerprint density at radius 3 is 2.47 bits per heavy atom. The van der Waals surface area contributed by atoms with Gasteiger partial charge in [-0.1, -0.05) is 36.4 Å². The summed E-state index contributed by atoms with van der Waals surface area (Å²) in [7, 11) is 1.59. The van der Waals surface area contributed by atoms with Gasteiger partial charge in [0.25, 0.3) is 5.69 Å². The Kier molecular flexibility index (Phi) is 6.01. The number of nitro groups is 1. The summed E-state index contributed by atoms with van der Waals surface area (Å²) in [6.45, 7) is 1.50. The third-order valence-corrected chi connectivity index (χ3v) is 6.81. The van der Waals surface area contributed by atoms with Crippen LogP contribution in [-0.4, -0.2) is 23.7 Å². The zero-order valence-corrected chi connectivity index (χ0v) is 19.9. The molecule has 0 saturated heterocycles. The summed E-state index contributed by atoms with van der Waals surface area (Å²) in [5, 5.41) is 14.8. The topological polar surface area (TPSA) is 102 Å². The maximum absolute atomic E-state index is 13.8. The molecule has 8 nitrogen and oxygen atoms in total. The second-order valence-electron chi connectivity index (χ2n) is 8.98. The van der Waals surface area contributed by atoms with Crippen molar-refractivity contribution in [3.05, 3.63) is 105 Å². The van der Waals surface area contributed by atoms with Crippen molar-refractivity contribution in [2.24, 2.45) is 0 Å². The Labute approximate surface area is 208 Å². The number of nitrogens with zero attached hydrogens (tertiary/aromatic N) is 2. The SMILES string of the molecule is COc1ccc([C@@H]2C3=C(C[C@@H](c4cccc([N+](=O)[O-])c4)CC3=O)Nc3ccccc3N2C(C)=O)cc1. The maximum atomic E-state index is 13.8. The van der Waals surface area contributed by atoms with Crippen LogP contribution in [0.5, 0.6) is 5.75 Å². The second kappa shape index (κ2) is 9.30. The number of ether oxygens (including phenoxy) is 1.